The van der Waals surface area contributed by atoms with Crippen molar-refractivity contribution in [2.45, 2.75) is 25.4 Å². The van der Waals surface area contributed by atoms with Crippen molar-refractivity contribution in [1.29, 1.82) is 5.26 Å². The van der Waals surface area contributed by atoms with Crippen molar-refractivity contribution in [3.8, 4) is 17.5 Å². The summed E-state index contributed by atoms with van der Waals surface area (Å²) < 4.78 is 0. The number of rotatable bonds is 4. The summed E-state index contributed by atoms with van der Waals surface area (Å²) in [4.78, 5) is 38.3. The van der Waals surface area contributed by atoms with E-state index >= 15 is 0 Å². The Kier molecular flexibility index (Phi) is 6.36. The molecule has 1 aliphatic rings. The summed E-state index contributed by atoms with van der Waals surface area (Å²) in [7, 11) is 1.52. The SMILES string of the molecule is CNC(=O)c1cc(-c2cc([C@@H]3[C@@H](CC#N)NCCN3C(C)=O)cc(Cl)n2)ncn1. The molecule has 0 radical (unpaired) electrons. The molecule has 29 heavy (non-hydrogen) atoms. The van der Waals surface area contributed by atoms with Gasteiger partial charge in [0, 0.05) is 33.1 Å². The van der Waals surface area contributed by atoms with Gasteiger partial charge in [0.25, 0.3) is 5.91 Å². The molecule has 0 saturated carbocycles. The van der Waals surface area contributed by atoms with Gasteiger partial charge in [0.05, 0.1) is 29.9 Å². The van der Waals surface area contributed by atoms with E-state index in [1.54, 1.807) is 17.0 Å². The largest absolute Gasteiger partial charge is 0.354 e. The van der Waals surface area contributed by atoms with Crippen LogP contribution in [0, 0.1) is 11.3 Å². The van der Waals surface area contributed by atoms with Gasteiger partial charge in [-0.05, 0) is 23.8 Å². The molecule has 1 fully saturated rings. The summed E-state index contributed by atoms with van der Waals surface area (Å²) in [6.45, 7) is 2.63. The molecule has 1 saturated heterocycles. The van der Waals surface area contributed by atoms with E-state index < -0.39 is 0 Å². The summed E-state index contributed by atoms with van der Waals surface area (Å²) in [5.41, 5.74) is 1.82. The second-order valence-corrected chi connectivity index (χ2v) is 6.94. The van der Waals surface area contributed by atoms with E-state index in [-0.39, 0.29) is 41.2 Å². The first kappa shape index (κ1) is 20.6. The number of carbonyl (C=O) groups excluding carboxylic acids is 2. The first-order chi connectivity index (χ1) is 13.9. The molecule has 9 nitrogen and oxygen atoms in total. The summed E-state index contributed by atoms with van der Waals surface area (Å²) in [6.07, 6.45) is 1.52. The molecule has 3 rings (SSSR count). The molecule has 0 unspecified atom stereocenters. The number of carbonyl (C=O) groups is 2. The number of hydrogen-bond donors (Lipinski definition) is 2. The van der Waals surface area contributed by atoms with Crippen molar-refractivity contribution in [3.63, 3.8) is 0 Å². The quantitative estimate of drug-likeness (QED) is 0.724. The molecule has 2 aromatic rings. The lowest BCUT2D eigenvalue weighted by atomic mass is 9.93. The van der Waals surface area contributed by atoms with E-state index in [4.69, 9.17) is 11.6 Å². The predicted octanol–water partition coefficient (Wildman–Crippen LogP) is 1.33. The fraction of sp³-hybridized carbons (Fsp3) is 0.368. The third-order valence-corrected chi connectivity index (χ3v) is 4.93. The second-order valence-electron chi connectivity index (χ2n) is 6.56. The lowest BCUT2D eigenvalue weighted by Crippen LogP contribution is -2.54. The smallest absolute Gasteiger partial charge is 0.269 e. The Morgan fingerprint density at radius 2 is 2.14 bits per heavy atom. The molecule has 0 spiro atoms. The molecule has 3 heterocycles. The number of aromatic nitrogens is 3. The molecule has 2 N–H and O–H groups in total. The van der Waals surface area contributed by atoms with Crippen LogP contribution in [0.15, 0.2) is 24.5 Å². The lowest BCUT2D eigenvalue weighted by molar-refractivity contribution is -0.133. The van der Waals surface area contributed by atoms with Crippen LogP contribution < -0.4 is 10.6 Å². The number of amides is 2. The highest BCUT2D eigenvalue weighted by atomic mass is 35.5. The first-order valence-corrected chi connectivity index (χ1v) is 9.42. The Morgan fingerprint density at radius 3 is 2.83 bits per heavy atom. The highest BCUT2D eigenvalue weighted by Gasteiger charge is 2.34. The highest BCUT2D eigenvalue weighted by Crippen LogP contribution is 2.32. The number of halogens is 1. The predicted molar refractivity (Wildman–Crippen MR) is 106 cm³/mol. The Hall–Kier alpha value is -3.09. The monoisotopic (exact) mass is 413 g/mol. The van der Waals surface area contributed by atoms with Crippen LogP contribution in [0.2, 0.25) is 5.15 Å². The van der Waals surface area contributed by atoms with Crippen molar-refractivity contribution in [2.75, 3.05) is 20.1 Å². The maximum absolute atomic E-state index is 12.2. The van der Waals surface area contributed by atoms with E-state index in [0.717, 1.165) is 5.56 Å². The maximum atomic E-state index is 12.2. The van der Waals surface area contributed by atoms with Crippen LogP contribution in [-0.2, 0) is 4.79 Å². The minimum atomic E-state index is -0.375. The molecule has 0 aromatic carbocycles. The van der Waals surface area contributed by atoms with Crippen molar-refractivity contribution in [2.24, 2.45) is 0 Å². The van der Waals surface area contributed by atoms with E-state index in [1.807, 2.05) is 0 Å². The molecule has 2 aromatic heterocycles. The number of nitriles is 1. The molecule has 10 heteroatoms. The summed E-state index contributed by atoms with van der Waals surface area (Å²) in [5.74, 6) is -0.429. The van der Waals surface area contributed by atoms with Crippen molar-refractivity contribution < 1.29 is 9.59 Å². The van der Waals surface area contributed by atoms with Gasteiger partial charge >= 0.3 is 0 Å². The van der Waals surface area contributed by atoms with Crippen molar-refractivity contribution >= 4 is 23.4 Å². The molecule has 1 aliphatic heterocycles. The third kappa shape index (κ3) is 4.50. The zero-order valence-corrected chi connectivity index (χ0v) is 16.8. The average molecular weight is 414 g/mol. The Balaban J connectivity index is 2.07. The van der Waals surface area contributed by atoms with Gasteiger partial charge in [-0.25, -0.2) is 15.0 Å². The minimum absolute atomic E-state index is 0.0853. The van der Waals surface area contributed by atoms with Crippen LogP contribution in [0.25, 0.3) is 11.4 Å². The standard InChI is InChI=1S/C19H20ClN7O2/c1-11(28)27-6-5-23-13(3-4-21)18(27)12-7-15(26-17(20)8-12)14-9-16(19(29)22-2)25-10-24-14/h7-10,13,18,23H,3,5-6H2,1-2H3,(H,22,29)/t13-,18-/m1/s1. The Morgan fingerprint density at radius 1 is 1.34 bits per heavy atom. The van der Waals surface area contributed by atoms with Gasteiger partial charge in [0.15, 0.2) is 0 Å². The molecule has 0 bridgehead atoms. The van der Waals surface area contributed by atoms with Crippen LogP contribution in [0.3, 0.4) is 0 Å². The Bertz CT molecular complexity index is 975. The second kappa shape index (κ2) is 8.94. The van der Waals surface area contributed by atoms with Crippen LogP contribution in [0.5, 0.6) is 0 Å². The first-order valence-electron chi connectivity index (χ1n) is 9.04. The minimum Gasteiger partial charge on any atom is -0.354 e. The van der Waals surface area contributed by atoms with Gasteiger partial charge in [-0.2, -0.15) is 5.26 Å². The highest BCUT2D eigenvalue weighted by molar-refractivity contribution is 6.29. The third-order valence-electron chi connectivity index (χ3n) is 4.74. The molecular formula is C19H20ClN7O2. The number of pyridine rings is 1. The summed E-state index contributed by atoms with van der Waals surface area (Å²) >= 11 is 6.28. The van der Waals surface area contributed by atoms with E-state index in [0.29, 0.717) is 24.5 Å². The summed E-state index contributed by atoms with van der Waals surface area (Å²) in [6, 6.07) is 6.54. The van der Waals surface area contributed by atoms with Crippen molar-refractivity contribution in [1.82, 2.24) is 30.5 Å². The van der Waals surface area contributed by atoms with Gasteiger partial charge in [0.2, 0.25) is 5.91 Å². The van der Waals surface area contributed by atoms with Gasteiger partial charge in [0.1, 0.15) is 17.2 Å². The number of piperazine rings is 1. The van der Waals surface area contributed by atoms with Gasteiger partial charge in [-0.15, -0.1) is 0 Å². The fourth-order valence-corrected chi connectivity index (χ4v) is 3.67. The number of hydrogen-bond acceptors (Lipinski definition) is 7. The fourth-order valence-electron chi connectivity index (χ4n) is 3.45. The van der Waals surface area contributed by atoms with E-state index in [9.17, 15) is 14.9 Å². The molecule has 150 valence electrons. The van der Waals surface area contributed by atoms with Crippen LogP contribution in [0.1, 0.15) is 35.4 Å². The molecule has 2 amide bonds. The molecule has 0 aliphatic carbocycles. The van der Waals surface area contributed by atoms with E-state index in [1.165, 1.54) is 26.4 Å². The number of nitrogens with one attached hydrogen (secondary N) is 2. The van der Waals surface area contributed by atoms with Crippen LogP contribution in [-0.4, -0.2) is 57.8 Å². The topological polar surface area (TPSA) is 124 Å². The normalized spacial score (nSPS) is 18.8. The number of nitrogens with zero attached hydrogens (tertiary/aromatic N) is 5. The van der Waals surface area contributed by atoms with E-state index in [2.05, 4.69) is 31.7 Å². The lowest BCUT2D eigenvalue weighted by Gasteiger charge is -2.41. The van der Waals surface area contributed by atoms with Crippen LogP contribution in [0.4, 0.5) is 0 Å². The average Bonchev–Trinajstić information content (AvgIpc) is 2.72. The zero-order chi connectivity index (χ0) is 21.0. The molecular weight excluding hydrogens is 394 g/mol. The summed E-state index contributed by atoms with van der Waals surface area (Å²) in [5, 5.41) is 15.3. The van der Waals surface area contributed by atoms with Gasteiger partial charge in [-0.3, -0.25) is 9.59 Å². The maximum Gasteiger partial charge on any atom is 0.269 e. The molecule has 2 atom stereocenters. The zero-order valence-electron chi connectivity index (χ0n) is 16.0. The van der Waals surface area contributed by atoms with Crippen molar-refractivity contribution in [3.05, 3.63) is 40.9 Å². The van der Waals surface area contributed by atoms with Crippen LogP contribution >= 0.6 is 11.6 Å². The van der Waals surface area contributed by atoms with Gasteiger partial charge in [-0.1, -0.05) is 11.6 Å². The Labute approximate surface area is 173 Å². The van der Waals surface area contributed by atoms with Gasteiger partial charge < -0.3 is 15.5 Å².